The fourth-order valence-corrected chi connectivity index (χ4v) is 4.18. The third-order valence-electron chi connectivity index (χ3n) is 5.04. The first kappa shape index (κ1) is 20.7. The fourth-order valence-electron chi connectivity index (χ4n) is 3.36. The van der Waals surface area contributed by atoms with Crippen molar-refractivity contribution in [2.45, 2.75) is 20.4 Å². The molecule has 0 saturated carbocycles. The molecule has 2 aromatic carbocycles. The number of anilines is 1. The Hall–Kier alpha value is -3.59. The Morgan fingerprint density at radius 2 is 1.77 bits per heavy atom. The highest BCUT2D eigenvalue weighted by molar-refractivity contribution is 7.17. The van der Waals surface area contributed by atoms with E-state index in [1.165, 1.54) is 0 Å². The van der Waals surface area contributed by atoms with E-state index < -0.39 is 28.8 Å². The SMILES string of the molecule is Cc1cccc(NC(=O)Cn2c(=O)n(-c3cc(F)cc(F)c3)c(=O)c3sccc32)c1C. The molecule has 0 saturated heterocycles. The van der Waals surface area contributed by atoms with Gasteiger partial charge >= 0.3 is 5.69 Å². The minimum absolute atomic E-state index is 0.198. The summed E-state index contributed by atoms with van der Waals surface area (Å²) in [6.45, 7) is 3.41. The van der Waals surface area contributed by atoms with Crippen LogP contribution in [0.2, 0.25) is 0 Å². The second kappa shape index (κ2) is 7.92. The van der Waals surface area contributed by atoms with Gasteiger partial charge in [0, 0.05) is 11.8 Å². The Balaban J connectivity index is 1.82. The molecule has 158 valence electrons. The molecule has 31 heavy (non-hydrogen) atoms. The number of carbonyl (C=O) groups excluding carboxylic acids is 1. The largest absolute Gasteiger partial charge is 0.336 e. The topological polar surface area (TPSA) is 73.1 Å². The van der Waals surface area contributed by atoms with Crippen molar-refractivity contribution in [1.82, 2.24) is 9.13 Å². The van der Waals surface area contributed by atoms with E-state index >= 15 is 0 Å². The highest BCUT2D eigenvalue weighted by Crippen LogP contribution is 2.20. The van der Waals surface area contributed by atoms with E-state index in [1.54, 1.807) is 23.6 Å². The van der Waals surface area contributed by atoms with Gasteiger partial charge in [-0.15, -0.1) is 11.3 Å². The first-order valence-corrected chi connectivity index (χ1v) is 10.2. The average Bonchev–Trinajstić information content (AvgIpc) is 3.18. The van der Waals surface area contributed by atoms with Crippen molar-refractivity contribution >= 4 is 33.1 Å². The lowest BCUT2D eigenvalue weighted by Crippen LogP contribution is -2.40. The van der Waals surface area contributed by atoms with Crippen molar-refractivity contribution in [2.24, 2.45) is 0 Å². The Bertz CT molecular complexity index is 1430. The average molecular weight is 441 g/mol. The second-order valence-corrected chi connectivity index (χ2v) is 7.98. The van der Waals surface area contributed by atoms with Crippen molar-refractivity contribution in [1.29, 1.82) is 0 Å². The minimum atomic E-state index is -0.924. The molecule has 0 unspecified atom stereocenters. The van der Waals surface area contributed by atoms with Crippen molar-refractivity contribution in [3.63, 3.8) is 0 Å². The Labute approximate surface area is 179 Å². The molecule has 0 fully saturated rings. The molecule has 0 atom stereocenters. The van der Waals surface area contributed by atoms with Gasteiger partial charge in [0.05, 0.1) is 11.2 Å². The first-order chi connectivity index (χ1) is 14.8. The Morgan fingerprint density at radius 3 is 2.48 bits per heavy atom. The Kier molecular flexibility index (Phi) is 5.28. The van der Waals surface area contributed by atoms with E-state index in [4.69, 9.17) is 0 Å². The lowest BCUT2D eigenvalue weighted by molar-refractivity contribution is -0.116. The molecule has 0 spiro atoms. The summed E-state index contributed by atoms with van der Waals surface area (Å²) in [5, 5.41) is 4.39. The molecular weight excluding hydrogens is 424 g/mol. The monoisotopic (exact) mass is 441 g/mol. The summed E-state index contributed by atoms with van der Waals surface area (Å²) in [5.74, 6) is -2.32. The van der Waals surface area contributed by atoms with Crippen LogP contribution < -0.4 is 16.6 Å². The van der Waals surface area contributed by atoms with Gasteiger partial charge in [-0.1, -0.05) is 12.1 Å². The van der Waals surface area contributed by atoms with Crippen LogP contribution in [-0.4, -0.2) is 15.0 Å². The van der Waals surface area contributed by atoms with Gasteiger partial charge in [0.15, 0.2) is 0 Å². The molecule has 0 aliphatic carbocycles. The molecule has 2 aromatic heterocycles. The van der Waals surface area contributed by atoms with Crippen LogP contribution >= 0.6 is 11.3 Å². The fraction of sp³-hybridized carbons (Fsp3) is 0.136. The highest BCUT2D eigenvalue weighted by atomic mass is 32.1. The van der Waals surface area contributed by atoms with Gasteiger partial charge in [0.2, 0.25) is 5.91 Å². The van der Waals surface area contributed by atoms with Gasteiger partial charge in [-0.05, 0) is 54.6 Å². The van der Waals surface area contributed by atoms with Crippen molar-refractivity contribution in [3.8, 4) is 5.69 Å². The number of thiophene rings is 1. The van der Waals surface area contributed by atoms with Crippen molar-refractivity contribution < 1.29 is 13.6 Å². The maximum absolute atomic E-state index is 13.7. The van der Waals surface area contributed by atoms with Gasteiger partial charge in [-0.3, -0.25) is 14.2 Å². The van der Waals surface area contributed by atoms with Gasteiger partial charge in [-0.2, -0.15) is 0 Å². The maximum Gasteiger partial charge on any atom is 0.336 e. The summed E-state index contributed by atoms with van der Waals surface area (Å²) in [7, 11) is 0. The first-order valence-electron chi connectivity index (χ1n) is 9.32. The molecule has 0 radical (unpaired) electrons. The number of hydrogen-bond donors (Lipinski definition) is 1. The molecule has 9 heteroatoms. The molecule has 6 nitrogen and oxygen atoms in total. The molecule has 4 rings (SSSR count). The van der Waals surface area contributed by atoms with E-state index in [0.29, 0.717) is 16.3 Å². The number of nitrogens with one attached hydrogen (secondary N) is 1. The second-order valence-electron chi connectivity index (χ2n) is 7.07. The minimum Gasteiger partial charge on any atom is -0.324 e. The van der Waals surface area contributed by atoms with E-state index in [1.807, 2.05) is 19.9 Å². The Morgan fingerprint density at radius 1 is 1.06 bits per heavy atom. The molecule has 2 heterocycles. The standard InChI is InChI=1S/C22H17F2N3O3S/c1-12-4-3-5-17(13(12)2)25-19(28)11-26-18-6-7-31-20(18)21(29)27(22(26)30)16-9-14(23)8-15(24)10-16/h3-10H,11H2,1-2H3,(H,25,28). The number of halogens is 2. The van der Waals surface area contributed by atoms with Crippen LogP contribution in [0.3, 0.4) is 0 Å². The number of fused-ring (bicyclic) bond motifs is 1. The lowest BCUT2D eigenvalue weighted by atomic mass is 10.1. The van der Waals surface area contributed by atoms with E-state index in [0.717, 1.165) is 39.2 Å². The zero-order valence-corrected chi connectivity index (χ0v) is 17.4. The van der Waals surface area contributed by atoms with Crippen LogP contribution in [0.1, 0.15) is 11.1 Å². The number of rotatable bonds is 4. The van der Waals surface area contributed by atoms with Gasteiger partial charge in [-0.25, -0.2) is 18.1 Å². The van der Waals surface area contributed by atoms with Crippen molar-refractivity contribution in [2.75, 3.05) is 5.32 Å². The number of carbonyl (C=O) groups is 1. The lowest BCUT2D eigenvalue weighted by Gasteiger charge is -2.14. The predicted octanol–water partition coefficient (Wildman–Crippen LogP) is 3.75. The zero-order valence-electron chi connectivity index (χ0n) is 16.6. The number of aromatic nitrogens is 2. The number of benzene rings is 2. The smallest absolute Gasteiger partial charge is 0.324 e. The molecule has 0 aliphatic heterocycles. The van der Waals surface area contributed by atoms with Gasteiger partial charge in [0.25, 0.3) is 5.56 Å². The normalized spacial score (nSPS) is 11.1. The summed E-state index contributed by atoms with van der Waals surface area (Å²) in [5.41, 5.74) is 0.972. The van der Waals surface area contributed by atoms with E-state index in [2.05, 4.69) is 5.32 Å². The number of hydrogen-bond acceptors (Lipinski definition) is 4. The van der Waals surface area contributed by atoms with Crippen LogP contribution in [0.15, 0.2) is 57.4 Å². The summed E-state index contributed by atoms with van der Waals surface area (Å²) in [6, 6.07) is 9.47. The number of amides is 1. The van der Waals surface area contributed by atoms with Crippen LogP contribution in [0, 0.1) is 25.5 Å². The number of aryl methyl sites for hydroxylation is 1. The van der Waals surface area contributed by atoms with Crippen molar-refractivity contribution in [3.05, 3.63) is 91.4 Å². The molecular formula is C22H17F2N3O3S. The summed E-state index contributed by atoms with van der Waals surface area (Å²) in [4.78, 5) is 38.7. The maximum atomic E-state index is 13.7. The summed E-state index contributed by atoms with van der Waals surface area (Å²) >= 11 is 1.08. The van der Waals surface area contributed by atoms with Gasteiger partial charge in [0.1, 0.15) is 22.9 Å². The van der Waals surface area contributed by atoms with Gasteiger partial charge < -0.3 is 5.32 Å². The molecule has 1 amide bonds. The summed E-state index contributed by atoms with van der Waals surface area (Å²) in [6.07, 6.45) is 0. The van der Waals surface area contributed by atoms with Crippen LogP contribution in [0.4, 0.5) is 14.5 Å². The molecule has 4 aromatic rings. The zero-order chi connectivity index (χ0) is 22.3. The summed E-state index contributed by atoms with van der Waals surface area (Å²) < 4.78 is 29.5. The number of nitrogens with zero attached hydrogens (tertiary/aromatic N) is 2. The van der Waals surface area contributed by atoms with Crippen LogP contribution in [0.5, 0.6) is 0 Å². The quantitative estimate of drug-likeness (QED) is 0.524. The predicted molar refractivity (Wildman–Crippen MR) is 116 cm³/mol. The third-order valence-corrected chi connectivity index (χ3v) is 5.93. The third kappa shape index (κ3) is 3.79. The van der Waals surface area contributed by atoms with E-state index in [-0.39, 0.29) is 22.4 Å². The van der Waals surface area contributed by atoms with E-state index in [9.17, 15) is 23.2 Å². The molecule has 0 bridgehead atoms. The highest BCUT2D eigenvalue weighted by Gasteiger charge is 2.19. The molecule has 0 aliphatic rings. The van der Waals surface area contributed by atoms with Crippen LogP contribution in [0.25, 0.3) is 15.9 Å². The van der Waals surface area contributed by atoms with Crippen LogP contribution in [-0.2, 0) is 11.3 Å². The molecule has 1 N–H and O–H groups in total.